The Hall–Kier alpha value is -0.530. The highest BCUT2D eigenvalue weighted by Gasteiger charge is 2.47. The molecule has 13 heavy (non-hydrogen) atoms. The second-order valence-electron chi connectivity index (χ2n) is 4.28. The number of carbonyl (C=O) groups is 1. The van der Waals surface area contributed by atoms with Crippen molar-refractivity contribution in [3.8, 4) is 0 Å². The summed E-state index contributed by atoms with van der Waals surface area (Å²) in [5, 5.41) is 0. The van der Waals surface area contributed by atoms with Gasteiger partial charge in [-0.15, -0.1) is 0 Å². The van der Waals surface area contributed by atoms with Crippen LogP contribution in [-0.2, 0) is 9.53 Å². The number of ether oxygens (including phenoxy) is 1. The maximum atomic E-state index is 11.5. The van der Waals surface area contributed by atoms with Crippen LogP contribution in [0.3, 0.4) is 0 Å². The summed E-state index contributed by atoms with van der Waals surface area (Å²) in [5.41, 5.74) is -0.124. The first kappa shape index (κ1) is 10.6. The van der Waals surface area contributed by atoms with Crippen molar-refractivity contribution in [3.63, 3.8) is 0 Å². The minimum Gasteiger partial charge on any atom is -0.462 e. The first-order chi connectivity index (χ1) is 6.12. The monoisotopic (exact) mass is 184 g/mol. The van der Waals surface area contributed by atoms with Gasteiger partial charge in [0.1, 0.15) is 6.10 Å². The van der Waals surface area contributed by atoms with Gasteiger partial charge < -0.3 is 4.74 Å². The van der Waals surface area contributed by atoms with Gasteiger partial charge in [0.25, 0.3) is 0 Å². The lowest BCUT2D eigenvalue weighted by atomic mass is 10.1. The zero-order valence-electron chi connectivity index (χ0n) is 8.93. The fourth-order valence-electron chi connectivity index (χ4n) is 1.35. The molecule has 2 nitrogen and oxygen atoms in total. The Labute approximate surface area is 80.7 Å². The number of esters is 1. The molecule has 0 aromatic carbocycles. The molecule has 0 spiro atoms. The molecule has 0 heterocycles. The van der Waals surface area contributed by atoms with Crippen LogP contribution < -0.4 is 0 Å². The summed E-state index contributed by atoms with van der Waals surface area (Å²) in [6.07, 6.45) is 5.19. The van der Waals surface area contributed by atoms with Gasteiger partial charge in [0.05, 0.1) is 5.41 Å². The summed E-state index contributed by atoms with van der Waals surface area (Å²) >= 11 is 0. The van der Waals surface area contributed by atoms with E-state index in [1.807, 2.05) is 6.92 Å². The van der Waals surface area contributed by atoms with Crippen LogP contribution in [0.4, 0.5) is 0 Å². The molecule has 1 aliphatic rings. The summed E-state index contributed by atoms with van der Waals surface area (Å²) in [4.78, 5) is 11.5. The molecular weight excluding hydrogens is 164 g/mol. The average Bonchev–Trinajstić information content (AvgIpc) is 2.84. The Bertz CT molecular complexity index is 183. The van der Waals surface area contributed by atoms with Crippen molar-refractivity contribution in [3.05, 3.63) is 0 Å². The Morgan fingerprint density at radius 3 is 2.46 bits per heavy atom. The zero-order valence-corrected chi connectivity index (χ0v) is 8.93. The quantitative estimate of drug-likeness (QED) is 0.614. The third-order valence-electron chi connectivity index (χ3n) is 2.83. The zero-order chi connectivity index (χ0) is 9.90. The first-order valence-corrected chi connectivity index (χ1v) is 5.33. The molecule has 2 heteroatoms. The molecule has 0 amide bonds. The maximum absolute atomic E-state index is 11.5. The lowest BCUT2D eigenvalue weighted by Crippen LogP contribution is -2.23. The molecule has 1 fully saturated rings. The smallest absolute Gasteiger partial charge is 0.312 e. The number of hydrogen-bond acceptors (Lipinski definition) is 2. The molecule has 1 unspecified atom stereocenters. The SMILES string of the molecule is CCCC(CC)OC(=O)C1(C)CC1. The van der Waals surface area contributed by atoms with Gasteiger partial charge in [-0.2, -0.15) is 0 Å². The van der Waals surface area contributed by atoms with Crippen molar-refractivity contribution in [1.82, 2.24) is 0 Å². The molecule has 0 saturated heterocycles. The second kappa shape index (κ2) is 4.12. The van der Waals surface area contributed by atoms with E-state index in [1.54, 1.807) is 0 Å². The van der Waals surface area contributed by atoms with E-state index in [0.29, 0.717) is 0 Å². The molecule has 1 aliphatic carbocycles. The van der Waals surface area contributed by atoms with Crippen LogP contribution in [0.25, 0.3) is 0 Å². The average molecular weight is 184 g/mol. The summed E-state index contributed by atoms with van der Waals surface area (Å²) in [7, 11) is 0. The third kappa shape index (κ3) is 2.71. The van der Waals surface area contributed by atoms with Crippen LogP contribution in [-0.4, -0.2) is 12.1 Å². The lowest BCUT2D eigenvalue weighted by molar-refractivity contribution is -0.155. The predicted octanol–water partition coefficient (Wildman–Crippen LogP) is 2.91. The lowest BCUT2D eigenvalue weighted by Gasteiger charge is -2.17. The highest BCUT2D eigenvalue weighted by atomic mass is 16.5. The Kier molecular flexibility index (Phi) is 3.34. The van der Waals surface area contributed by atoms with E-state index in [-0.39, 0.29) is 17.5 Å². The predicted molar refractivity (Wildman–Crippen MR) is 52.4 cm³/mol. The van der Waals surface area contributed by atoms with Crippen molar-refractivity contribution in [1.29, 1.82) is 0 Å². The van der Waals surface area contributed by atoms with Crippen LogP contribution in [0.5, 0.6) is 0 Å². The fraction of sp³-hybridized carbons (Fsp3) is 0.909. The van der Waals surface area contributed by atoms with E-state index in [9.17, 15) is 4.79 Å². The van der Waals surface area contributed by atoms with Crippen molar-refractivity contribution >= 4 is 5.97 Å². The van der Waals surface area contributed by atoms with Gasteiger partial charge in [-0.25, -0.2) is 0 Å². The van der Waals surface area contributed by atoms with E-state index in [1.165, 1.54) is 0 Å². The molecule has 1 saturated carbocycles. The van der Waals surface area contributed by atoms with Gasteiger partial charge in [0.2, 0.25) is 0 Å². The third-order valence-corrected chi connectivity index (χ3v) is 2.83. The molecule has 0 aromatic rings. The van der Waals surface area contributed by atoms with Crippen LogP contribution in [0, 0.1) is 5.41 Å². The van der Waals surface area contributed by atoms with E-state index < -0.39 is 0 Å². The standard InChI is InChI=1S/C11H20O2/c1-4-6-9(5-2)13-10(12)11(3)7-8-11/h9H,4-8H2,1-3H3. The summed E-state index contributed by atoms with van der Waals surface area (Å²) in [6, 6.07) is 0. The Morgan fingerprint density at radius 1 is 1.46 bits per heavy atom. The van der Waals surface area contributed by atoms with Crippen LogP contribution >= 0.6 is 0 Å². The van der Waals surface area contributed by atoms with Gasteiger partial charge in [-0.1, -0.05) is 20.3 Å². The largest absolute Gasteiger partial charge is 0.462 e. The van der Waals surface area contributed by atoms with Crippen molar-refractivity contribution in [2.45, 2.75) is 59.0 Å². The minimum absolute atomic E-state index is 0.0211. The van der Waals surface area contributed by atoms with Crippen LogP contribution in [0.15, 0.2) is 0 Å². The van der Waals surface area contributed by atoms with E-state index in [0.717, 1.165) is 32.1 Å². The van der Waals surface area contributed by atoms with Gasteiger partial charge in [-0.3, -0.25) is 4.79 Å². The second-order valence-corrected chi connectivity index (χ2v) is 4.28. The molecule has 76 valence electrons. The van der Waals surface area contributed by atoms with Gasteiger partial charge in [0.15, 0.2) is 0 Å². The minimum atomic E-state index is -0.124. The van der Waals surface area contributed by atoms with Crippen LogP contribution in [0.2, 0.25) is 0 Å². The van der Waals surface area contributed by atoms with Gasteiger partial charge in [0, 0.05) is 0 Å². The van der Waals surface area contributed by atoms with E-state index >= 15 is 0 Å². The molecule has 0 aliphatic heterocycles. The molecule has 1 rings (SSSR count). The Balaban J connectivity index is 2.32. The molecule has 0 radical (unpaired) electrons. The summed E-state index contributed by atoms with van der Waals surface area (Å²) in [6.45, 7) is 6.19. The van der Waals surface area contributed by atoms with Crippen molar-refractivity contribution < 1.29 is 9.53 Å². The van der Waals surface area contributed by atoms with Crippen molar-refractivity contribution in [2.75, 3.05) is 0 Å². The Morgan fingerprint density at radius 2 is 2.08 bits per heavy atom. The molecule has 0 bridgehead atoms. The fourth-order valence-corrected chi connectivity index (χ4v) is 1.35. The van der Waals surface area contributed by atoms with Crippen molar-refractivity contribution in [2.24, 2.45) is 5.41 Å². The van der Waals surface area contributed by atoms with Gasteiger partial charge in [-0.05, 0) is 32.6 Å². The highest BCUT2D eigenvalue weighted by molar-refractivity contribution is 5.79. The first-order valence-electron chi connectivity index (χ1n) is 5.33. The van der Waals surface area contributed by atoms with E-state index in [4.69, 9.17) is 4.74 Å². The molecule has 0 aromatic heterocycles. The topological polar surface area (TPSA) is 26.3 Å². The highest BCUT2D eigenvalue weighted by Crippen LogP contribution is 2.46. The number of hydrogen-bond donors (Lipinski definition) is 0. The normalized spacial score (nSPS) is 20.8. The summed E-state index contributed by atoms with van der Waals surface area (Å²) < 4.78 is 5.43. The van der Waals surface area contributed by atoms with E-state index in [2.05, 4.69) is 13.8 Å². The van der Waals surface area contributed by atoms with Crippen LogP contribution in [0.1, 0.15) is 52.9 Å². The molecular formula is C11H20O2. The summed E-state index contributed by atoms with van der Waals surface area (Å²) in [5.74, 6) is 0.0211. The van der Waals surface area contributed by atoms with Gasteiger partial charge >= 0.3 is 5.97 Å². The number of rotatable bonds is 5. The molecule has 1 atom stereocenters. The number of carbonyl (C=O) groups excluding carboxylic acids is 1. The molecule has 0 N–H and O–H groups in total. The maximum Gasteiger partial charge on any atom is 0.312 e.